The van der Waals surface area contributed by atoms with Gasteiger partial charge in [-0.1, -0.05) is 42.5 Å². The minimum Gasteiger partial charge on any atom is -0.504 e. The third kappa shape index (κ3) is 26.3. The maximum atomic E-state index is 10.5. The van der Waals surface area contributed by atoms with E-state index in [4.69, 9.17) is 74.4 Å². The molecule has 0 spiro atoms. The largest absolute Gasteiger partial charge is 0.504 e. The molecule has 0 radical (unpaired) electrons. The number of phenols is 8. The Morgan fingerprint density at radius 2 is 0.581 bits per heavy atom. The zero-order valence-corrected chi connectivity index (χ0v) is 52.0. The molecule has 510 valence electrons. The number of phenolic OH excluding ortho intramolecular Hbond substituents is 7. The molecule has 0 aliphatic heterocycles. The van der Waals surface area contributed by atoms with E-state index in [0.29, 0.717) is 68.8 Å². The lowest BCUT2D eigenvalue weighted by molar-refractivity contribution is -0.138. The van der Waals surface area contributed by atoms with Crippen molar-refractivity contribution in [2.45, 2.75) is 104 Å². The number of aryl methyl sites for hydroxylation is 7. The first-order valence-corrected chi connectivity index (χ1v) is 27.7. The molecular formula is C64H80O29. The highest BCUT2D eigenvalue weighted by Crippen LogP contribution is 2.41. The Kier molecular flexibility index (Phi) is 35.8. The number of aliphatic hydroxyl groups excluding tert-OH is 3. The molecule has 6 aromatic rings. The number of benzene rings is 6. The number of aromatic hydroxyl groups is 8. The topological polar surface area (TPSA) is 502 Å². The quantitative estimate of drug-likeness (QED) is 0.0238. The number of carboxylic acid groups (broad SMARTS) is 6. The maximum Gasteiger partial charge on any atom is 0.303 e. The smallest absolute Gasteiger partial charge is 0.303 e. The van der Waals surface area contributed by atoms with E-state index in [9.17, 15) is 69.6 Å². The number of hydrogen-bond acceptors (Lipinski definition) is 23. The van der Waals surface area contributed by atoms with E-state index in [-0.39, 0.29) is 136 Å². The summed E-state index contributed by atoms with van der Waals surface area (Å²) in [4.78, 5) is 62.4. The van der Waals surface area contributed by atoms with E-state index in [1.54, 1.807) is 37.4 Å². The third-order valence-corrected chi connectivity index (χ3v) is 13.2. The average Bonchev–Trinajstić information content (AvgIpc) is 1.57. The van der Waals surface area contributed by atoms with Gasteiger partial charge in [-0.25, -0.2) is 0 Å². The number of carboxylic acids is 6. The van der Waals surface area contributed by atoms with Crippen molar-refractivity contribution in [3.63, 3.8) is 0 Å². The molecule has 17 N–H and O–H groups in total. The van der Waals surface area contributed by atoms with Crippen LogP contribution >= 0.6 is 0 Å². The minimum atomic E-state index is -0.989. The molecule has 29 heteroatoms. The molecule has 6 aromatic carbocycles. The van der Waals surface area contributed by atoms with Crippen LogP contribution in [0.1, 0.15) is 94.2 Å². The van der Waals surface area contributed by atoms with Crippen LogP contribution in [0.3, 0.4) is 0 Å². The molecule has 93 heavy (non-hydrogen) atoms. The van der Waals surface area contributed by atoms with Gasteiger partial charge < -0.3 is 115 Å². The second-order valence-corrected chi connectivity index (χ2v) is 19.3. The van der Waals surface area contributed by atoms with E-state index in [0.717, 1.165) is 11.1 Å². The predicted octanol–water partition coefficient (Wildman–Crippen LogP) is 6.70. The molecule has 6 rings (SSSR count). The van der Waals surface area contributed by atoms with Crippen LogP contribution in [0, 0.1) is 6.92 Å². The predicted molar refractivity (Wildman–Crippen MR) is 330 cm³/mol. The van der Waals surface area contributed by atoms with Crippen molar-refractivity contribution in [2.75, 3.05) is 42.7 Å². The molecule has 0 saturated heterocycles. The molecule has 0 fully saturated rings. The Hall–Kier alpha value is -10.8. The Morgan fingerprint density at radius 3 is 0.957 bits per heavy atom. The minimum absolute atomic E-state index is 0.0269. The number of carbonyl (C=O) groups is 6. The molecule has 0 heterocycles. The van der Waals surface area contributed by atoms with Gasteiger partial charge in [-0.05, 0) is 115 Å². The van der Waals surface area contributed by atoms with Crippen LogP contribution in [0.5, 0.6) is 80.5 Å². The SMILES string of the molecule is COc1c(C)ccc(CCC(=O)O)c1CO.COc1c(O)ccc(CCC(=O)O)c1CO.COc1ccc(CCC(=O)O)c(CO)c1O.COc1ccc(CCC(=O)O)c(O)c1O.COc1ccc(CCC(=O)O)c(O)c1OC.O=C(O)CCc1ccc(O)c(O)c1O. The zero-order valence-electron chi connectivity index (χ0n) is 52.0. The molecule has 0 unspecified atom stereocenters. The summed E-state index contributed by atoms with van der Waals surface area (Å²) in [5.74, 6) is -6.07. The average molecular weight is 1310 g/mol. The fourth-order valence-electron chi connectivity index (χ4n) is 8.39. The Morgan fingerprint density at radius 1 is 0.290 bits per heavy atom. The van der Waals surface area contributed by atoms with E-state index in [1.807, 2.05) is 19.1 Å². The third-order valence-electron chi connectivity index (χ3n) is 13.2. The Bertz CT molecular complexity index is 3350. The number of aliphatic hydroxyl groups is 3. The fourth-order valence-corrected chi connectivity index (χ4v) is 8.39. The van der Waals surface area contributed by atoms with Crippen LogP contribution in [0.4, 0.5) is 0 Å². The highest BCUT2D eigenvalue weighted by atomic mass is 16.5. The molecule has 0 aromatic heterocycles. The lowest BCUT2D eigenvalue weighted by Crippen LogP contribution is -2.03. The van der Waals surface area contributed by atoms with Crippen LogP contribution in [0.15, 0.2) is 72.8 Å². The highest BCUT2D eigenvalue weighted by molar-refractivity contribution is 5.70. The van der Waals surface area contributed by atoms with Gasteiger partial charge in [0.1, 0.15) is 5.75 Å². The summed E-state index contributed by atoms with van der Waals surface area (Å²) in [5, 5.41) is 154. The number of methoxy groups -OCH3 is 6. The second-order valence-electron chi connectivity index (χ2n) is 19.3. The van der Waals surface area contributed by atoms with Crippen LogP contribution in [-0.4, -0.2) is 165 Å². The first-order valence-electron chi connectivity index (χ1n) is 27.7. The summed E-state index contributed by atoms with van der Waals surface area (Å²) in [5.41, 5.74) is 5.69. The van der Waals surface area contributed by atoms with Crippen molar-refractivity contribution in [3.05, 3.63) is 128 Å². The normalized spacial score (nSPS) is 10.0. The second kappa shape index (κ2) is 41.5. The molecule has 0 amide bonds. The summed E-state index contributed by atoms with van der Waals surface area (Å²) in [6.45, 7) is 1.10. The molecule has 0 aliphatic carbocycles. The number of rotatable bonds is 27. The Balaban J connectivity index is 0.000000558. The lowest BCUT2D eigenvalue weighted by atomic mass is 9.99. The van der Waals surface area contributed by atoms with Gasteiger partial charge in [-0.2, -0.15) is 0 Å². The molecule has 29 nitrogen and oxygen atoms in total. The monoisotopic (exact) mass is 1310 g/mol. The van der Waals surface area contributed by atoms with Gasteiger partial charge in [0.25, 0.3) is 0 Å². The molecule has 0 saturated carbocycles. The van der Waals surface area contributed by atoms with Gasteiger partial charge >= 0.3 is 35.8 Å². The van der Waals surface area contributed by atoms with Crippen molar-refractivity contribution in [1.82, 2.24) is 0 Å². The Labute approximate surface area is 533 Å². The number of ether oxygens (including phenoxy) is 6. The van der Waals surface area contributed by atoms with Crippen molar-refractivity contribution < 1.29 is 144 Å². The van der Waals surface area contributed by atoms with Crippen molar-refractivity contribution in [3.8, 4) is 80.5 Å². The van der Waals surface area contributed by atoms with E-state index in [2.05, 4.69) is 0 Å². The summed E-state index contributed by atoms with van der Waals surface area (Å²) < 4.78 is 29.8. The van der Waals surface area contributed by atoms with Crippen molar-refractivity contribution >= 4 is 35.8 Å². The summed E-state index contributed by atoms with van der Waals surface area (Å²) in [7, 11) is 8.59. The van der Waals surface area contributed by atoms with Gasteiger partial charge in [-0.15, -0.1) is 0 Å². The summed E-state index contributed by atoms with van der Waals surface area (Å²) in [6.07, 6.45) is 1.20. The first-order chi connectivity index (χ1) is 44.0. The van der Waals surface area contributed by atoms with Gasteiger partial charge in [0, 0.05) is 55.2 Å². The van der Waals surface area contributed by atoms with Gasteiger partial charge in [0.15, 0.2) is 57.5 Å². The van der Waals surface area contributed by atoms with E-state index < -0.39 is 53.1 Å². The highest BCUT2D eigenvalue weighted by Gasteiger charge is 2.19. The number of aliphatic carboxylic acids is 6. The number of hydrogen-bond donors (Lipinski definition) is 17. The van der Waals surface area contributed by atoms with Crippen LogP contribution in [-0.2, 0) is 87.1 Å². The lowest BCUT2D eigenvalue weighted by Gasteiger charge is -2.14. The molecule has 0 bridgehead atoms. The van der Waals surface area contributed by atoms with Gasteiger partial charge in [-0.3, -0.25) is 28.8 Å². The van der Waals surface area contributed by atoms with Crippen molar-refractivity contribution in [1.29, 1.82) is 0 Å². The first kappa shape index (κ1) is 80.2. The van der Waals surface area contributed by atoms with Crippen LogP contribution in [0.2, 0.25) is 0 Å². The van der Waals surface area contributed by atoms with Crippen LogP contribution in [0.25, 0.3) is 0 Å². The standard InChI is InChI=1S/C12H16O4.3C11H14O5.C10H12O5.C9H10O5/c1-8-3-4-9(5-6-11(14)15)10(7-13)12(8)16-2;1-15-8-5-3-7(4-6-9(12)13)10(14)11(8)16-2;1-16-9-4-2-7(3-5-10(13)14)8(6-12)11(9)15;1-16-11-8(6-12)7(2-4-9(11)13)3-5-10(14)15;1-15-7-4-2-6(3-5-8(11)12)9(13)10(7)14;10-6-3-1-5(2-4-7(11)12)8(13)9(6)14/h3-4,13H,5-7H2,1-2H3,(H,14,15);3,5,14H,4,6H2,1-2H3,(H,12,13);2,4,12,15H,3,5-6H2,1H3,(H,13,14);2,4,12-13H,3,5-6H2,1H3,(H,14,15);2,4,13-14H,3,5H2,1H3,(H,11,12);1,3,10,13-14H,2,4H2,(H,11,12). The van der Waals surface area contributed by atoms with Gasteiger partial charge in [0.2, 0.25) is 17.2 Å². The molecule has 0 atom stereocenters. The van der Waals surface area contributed by atoms with Crippen molar-refractivity contribution in [2.24, 2.45) is 0 Å². The maximum absolute atomic E-state index is 10.5. The van der Waals surface area contributed by atoms with E-state index in [1.165, 1.54) is 65.9 Å². The summed E-state index contributed by atoms with van der Waals surface area (Å²) >= 11 is 0. The van der Waals surface area contributed by atoms with Gasteiger partial charge in [0.05, 0.1) is 62.5 Å². The van der Waals surface area contributed by atoms with E-state index >= 15 is 0 Å². The van der Waals surface area contributed by atoms with Crippen LogP contribution < -0.4 is 28.4 Å². The summed E-state index contributed by atoms with van der Waals surface area (Å²) in [6, 6.07) is 18.7. The fraction of sp³-hybridized carbons (Fsp3) is 0.344. The molecule has 0 aliphatic rings. The zero-order chi connectivity index (χ0) is 70.7. The molecular weight excluding hydrogens is 1230 g/mol.